The first-order valence-electron chi connectivity index (χ1n) is 3.62. The van der Waals surface area contributed by atoms with Gasteiger partial charge in [0.15, 0.2) is 0 Å². The molecule has 10 heavy (non-hydrogen) atoms. The van der Waals surface area contributed by atoms with Crippen molar-refractivity contribution in [1.29, 1.82) is 0 Å². The summed E-state index contributed by atoms with van der Waals surface area (Å²) in [5.41, 5.74) is 0. The molecule has 0 amide bonds. The maximum atomic E-state index is 10.9. The quantitative estimate of drug-likeness (QED) is 0.453. The Morgan fingerprint density at radius 1 is 1.40 bits per heavy atom. The van der Waals surface area contributed by atoms with Crippen LogP contribution >= 0.6 is 0 Å². The zero-order valence-corrected chi connectivity index (χ0v) is 5.71. The minimum absolute atomic E-state index is 0.0498. The molecule has 0 saturated carbocycles. The van der Waals surface area contributed by atoms with Crippen molar-refractivity contribution in [2.75, 3.05) is 19.8 Å². The molecule has 0 unspecified atom stereocenters. The van der Waals surface area contributed by atoms with Crippen LogP contribution in [0.1, 0.15) is 6.42 Å². The predicted molar refractivity (Wildman–Crippen MR) is 33.4 cm³/mol. The number of rotatable bonds is 0. The third-order valence-corrected chi connectivity index (χ3v) is 2.24. The molecule has 0 bridgehead atoms. The summed E-state index contributed by atoms with van der Waals surface area (Å²) in [5, 5.41) is 0. The molecule has 2 rings (SSSR count). The van der Waals surface area contributed by atoms with E-state index in [2.05, 4.69) is 0 Å². The Bertz CT molecular complexity index is 155. The van der Waals surface area contributed by atoms with Crippen LogP contribution in [0, 0.1) is 11.8 Å². The van der Waals surface area contributed by atoms with Crippen LogP contribution in [-0.4, -0.2) is 25.8 Å². The summed E-state index contributed by atoms with van der Waals surface area (Å²) < 4.78 is 10.0. The zero-order chi connectivity index (χ0) is 6.97. The fourth-order valence-corrected chi connectivity index (χ4v) is 1.54. The first-order chi connectivity index (χ1) is 4.88. The van der Waals surface area contributed by atoms with Gasteiger partial charge in [-0.15, -0.1) is 0 Å². The normalized spacial score (nSPS) is 39.0. The van der Waals surface area contributed by atoms with E-state index >= 15 is 0 Å². The van der Waals surface area contributed by atoms with Crippen molar-refractivity contribution in [3.8, 4) is 0 Å². The minimum atomic E-state index is -0.0651. The Hall–Kier alpha value is -0.570. The molecule has 0 aromatic rings. The third kappa shape index (κ3) is 0.814. The summed E-state index contributed by atoms with van der Waals surface area (Å²) in [4.78, 5) is 10.9. The highest BCUT2D eigenvalue weighted by Gasteiger charge is 2.38. The fraction of sp³-hybridized carbons (Fsp3) is 0.857. The van der Waals surface area contributed by atoms with E-state index < -0.39 is 0 Å². The molecule has 0 aromatic carbocycles. The second-order valence-electron chi connectivity index (χ2n) is 2.86. The topological polar surface area (TPSA) is 35.5 Å². The van der Waals surface area contributed by atoms with Crippen LogP contribution < -0.4 is 0 Å². The largest absolute Gasteiger partial charge is 0.465 e. The summed E-state index contributed by atoms with van der Waals surface area (Å²) in [5.74, 6) is 0.430. The summed E-state index contributed by atoms with van der Waals surface area (Å²) >= 11 is 0. The molecule has 2 aliphatic heterocycles. The lowest BCUT2D eigenvalue weighted by Crippen LogP contribution is -2.28. The van der Waals surface area contributed by atoms with Gasteiger partial charge in [0.1, 0.15) is 0 Å². The van der Waals surface area contributed by atoms with E-state index in [0.717, 1.165) is 13.0 Å². The van der Waals surface area contributed by atoms with Crippen molar-refractivity contribution in [2.45, 2.75) is 6.42 Å². The van der Waals surface area contributed by atoms with E-state index in [0.29, 0.717) is 19.1 Å². The second-order valence-corrected chi connectivity index (χ2v) is 2.86. The van der Waals surface area contributed by atoms with E-state index in [1.165, 1.54) is 0 Å². The Kier molecular flexibility index (Phi) is 1.38. The molecule has 0 N–H and O–H groups in total. The molecule has 56 valence electrons. The third-order valence-electron chi connectivity index (χ3n) is 2.24. The smallest absolute Gasteiger partial charge is 0.311 e. The Morgan fingerprint density at radius 2 is 2.30 bits per heavy atom. The van der Waals surface area contributed by atoms with Crippen molar-refractivity contribution < 1.29 is 14.3 Å². The Balaban J connectivity index is 2.08. The van der Waals surface area contributed by atoms with Gasteiger partial charge in [0.05, 0.1) is 19.1 Å². The van der Waals surface area contributed by atoms with Gasteiger partial charge in [0, 0.05) is 12.5 Å². The number of fused-ring (bicyclic) bond motifs is 1. The van der Waals surface area contributed by atoms with Gasteiger partial charge in [-0.2, -0.15) is 0 Å². The molecule has 0 aliphatic carbocycles. The molecule has 0 aromatic heterocycles. The van der Waals surface area contributed by atoms with E-state index in [9.17, 15) is 4.79 Å². The standard InChI is InChI=1S/C7H10O3/c8-7-6-4-9-2-1-5(6)3-10-7/h5-6H,1-4H2/t5-,6-/m0/s1. The number of cyclic esters (lactones) is 1. The summed E-state index contributed by atoms with van der Waals surface area (Å²) in [6.07, 6.45) is 0.983. The maximum absolute atomic E-state index is 10.9. The molecule has 2 heterocycles. The highest BCUT2D eigenvalue weighted by Crippen LogP contribution is 2.28. The predicted octanol–water partition coefficient (Wildman–Crippen LogP) is 0.196. The van der Waals surface area contributed by atoms with Crippen LogP contribution in [0.4, 0.5) is 0 Å². The Labute approximate surface area is 59.3 Å². The summed E-state index contributed by atoms with van der Waals surface area (Å²) in [6, 6.07) is 0. The lowest BCUT2D eigenvalue weighted by Gasteiger charge is -2.20. The monoisotopic (exact) mass is 142 g/mol. The van der Waals surface area contributed by atoms with Gasteiger partial charge >= 0.3 is 5.97 Å². The molecule has 2 aliphatic rings. The lowest BCUT2D eigenvalue weighted by molar-refractivity contribution is -0.143. The average molecular weight is 142 g/mol. The molecule has 2 saturated heterocycles. The fourth-order valence-electron chi connectivity index (χ4n) is 1.54. The number of carbonyl (C=O) groups is 1. The van der Waals surface area contributed by atoms with Crippen LogP contribution in [0.15, 0.2) is 0 Å². The first-order valence-corrected chi connectivity index (χ1v) is 3.62. The number of carbonyl (C=O) groups excluding carboxylic acids is 1. The van der Waals surface area contributed by atoms with Crippen LogP contribution in [0.2, 0.25) is 0 Å². The van der Waals surface area contributed by atoms with Crippen molar-refractivity contribution >= 4 is 5.97 Å². The molecule has 0 spiro atoms. The lowest BCUT2D eigenvalue weighted by atomic mass is 9.92. The van der Waals surface area contributed by atoms with Crippen LogP contribution in [0.25, 0.3) is 0 Å². The van der Waals surface area contributed by atoms with Crippen LogP contribution in [0.3, 0.4) is 0 Å². The van der Waals surface area contributed by atoms with Gasteiger partial charge in [0.2, 0.25) is 0 Å². The highest BCUT2D eigenvalue weighted by atomic mass is 16.5. The van der Waals surface area contributed by atoms with Crippen molar-refractivity contribution in [3.63, 3.8) is 0 Å². The molecule has 2 fully saturated rings. The van der Waals surface area contributed by atoms with Crippen molar-refractivity contribution in [3.05, 3.63) is 0 Å². The number of hydrogen-bond acceptors (Lipinski definition) is 3. The molecular formula is C7H10O3. The van der Waals surface area contributed by atoms with Crippen LogP contribution in [-0.2, 0) is 14.3 Å². The SMILES string of the molecule is O=C1OC[C@@H]2CCOC[C@H]12. The molecule has 3 nitrogen and oxygen atoms in total. The van der Waals surface area contributed by atoms with E-state index in [-0.39, 0.29) is 11.9 Å². The van der Waals surface area contributed by atoms with Gasteiger partial charge < -0.3 is 9.47 Å². The zero-order valence-electron chi connectivity index (χ0n) is 5.71. The summed E-state index contributed by atoms with van der Waals surface area (Å²) in [7, 11) is 0. The number of esters is 1. The average Bonchev–Trinajstić information content (AvgIpc) is 2.34. The molecule has 0 radical (unpaired) electrons. The van der Waals surface area contributed by atoms with E-state index in [1.54, 1.807) is 0 Å². The number of ether oxygens (including phenoxy) is 2. The van der Waals surface area contributed by atoms with E-state index in [4.69, 9.17) is 9.47 Å². The Morgan fingerprint density at radius 3 is 3.10 bits per heavy atom. The van der Waals surface area contributed by atoms with Gasteiger partial charge in [-0.05, 0) is 6.42 Å². The molecule has 2 atom stereocenters. The first kappa shape index (κ1) is 6.16. The van der Waals surface area contributed by atoms with Crippen molar-refractivity contribution in [2.24, 2.45) is 11.8 Å². The van der Waals surface area contributed by atoms with Gasteiger partial charge in [-0.25, -0.2) is 0 Å². The van der Waals surface area contributed by atoms with Crippen molar-refractivity contribution in [1.82, 2.24) is 0 Å². The van der Waals surface area contributed by atoms with Gasteiger partial charge in [-0.1, -0.05) is 0 Å². The molecular weight excluding hydrogens is 132 g/mol. The second kappa shape index (κ2) is 2.23. The highest BCUT2D eigenvalue weighted by molar-refractivity contribution is 5.74. The molecule has 3 heteroatoms. The van der Waals surface area contributed by atoms with Gasteiger partial charge in [0.25, 0.3) is 0 Å². The number of hydrogen-bond donors (Lipinski definition) is 0. The van der Waals surface area contributed by atoms with E-state index in [1.807, 2.05) is 0 Å². The van der Waals surface area contributed by atoms with Gasteiger partial charge in [-0.3, -0.25) is 4.79 Å². The van der Waals surface area contributed by atoms with Crippen LogP contribution in [0.5, 0.6) is 0 Å². The maximum Gasteiger partial charge on any atom is 0.311 e. The summed E-state index contributed by atoms with van der Waals surface area (Å²) in [6.45, 7) is 1.98. The minimum Gasteiger partial charge on any atom is -0.465 e.